The van der Waals surface area contributed by atoms with Crippen molar-refractivity contribution in [3.8, 4) is 5.75 Å². The minimum absolute atomic E-state index is 0.233. The van der Waals surface area contributed by atoms with Crippen LogP contribution in [0, 0.1) is 20.8 Å². The Labute approximate surface area is 142 Å². The molecule has 0 aliphatic rings. The van der Waals surface area contributed by atoms with Gasteiger partial charge in [0.15, 0.2) is 0 Å². The lowest BCUT2D eigenvalue weighted by atomic mass is 10.2. The molecule has 0 unspecified atom stereocenters. The molecule has 124 valence electrons. The van der Waals surface area contributed by atoms with Crippen molar-refractivity contribution in [2.45, 2.75) is 27.4 Å². The number of carbonyl (C=O) groups is 1. The highest BCUT2D eigenvalue weighted by Gasteiger charge is 2.11. The average Bonchev–Trinajstić information content (AvgIpc) is 3.12. The second-order valence-corrected chi connectivity index (χ2v) is 6.38. The number of nitrogens with one attached hydrogen (secondary N) is 1. The maximum Gasteiger partial charge on any atom is 0.257 e. The van der Waals surface area contributed by atoms with E-state index in [0.29, 0.717) is 23.1 Å². The molecule has 1 aromatic carbocycles. The SMILES string of the molecule is Cc1nnc(NC(=O)c2ccc(OCc3c(C)noc3C)cc2)s1. The number of ether oxygens (including phenoxy) is 1. The number of carbonyl (C=O) groups excluding carboxylic acids is 1. The summed E-state index contributed by atoms with van der Waals surface area (Å²) in [5.41, 5.74) is 2.27. The molecular weight excluding hydrogens is 328 g/mol. The Bertz CT molecular complexity index is 835. The van der Waals surface area contributed by atoms with E-state index in [1.165, 1.54) is 11.3 Å². The Hall–Kier alpha value is -2.74. The molecule has 1 amide bonds. The monoisotopic (exact) mass is 344 g/mol. The van der Waals surface area contributed by atoms with E-state index >= 15 is 0 Å². The maximum absolute atomic E-state index is 12.1. The lowest BCUT2D eigenvalue weighted by Gasteiger charge is -2.07. The van der Waals surface area contributed by atoms with E-state index in [9.17, 15) is 4.79 Å². The van der Waals surface area contributed by atoms with Crippen LogP contribution in [-0.4, -0.2) is 21.3 Å². The molecule has 3 rings (SSSR count). The van der Waals surface area contributed by atoms with Crippen molar-refractivity contribution in [1.29, 1.82) is 0 Å². The number of amides is 1. The maximum atomic E-state index is 12.1. The van der Waals surface area contributed by atoms with Crippen LogP contribution < -0.4 is 10.1 Å². The predicted molar refractivity (Wildman–Crippen MR) is 89.4 cm³/mol. The van der Waals surface area contributed by atoms with Gasteiger partial charge in [-0.05, 0) is 45.0 Å². The molecule has 0 aliphatic carbocycles. The van der Waals surface area contributed by atoms with Crippen molar-refractivity contribution in [1.82, 2.24) is 15.4 Å². The van der Waals surface area contributed by atoms with E-state index in [1.54, 1.807) is 24.3 Å². The fourth-order valence-electron chi connectivity index (χ4n) is 2.08. The van der Waals surface area contributed by atoms with Crippen LogP contribution >= 0.6 is 11.3 Å². The van der Waals surface area contributed by atoms with Gasteiger partial charge in [-0.15, -0.1) is 10.2 Å². The molecule has 0 aliphatic heterocycles. The molecule has 24 heavy (non-hydrogen) atoms. The lowest BCUT2D eigenvalue weighted by molar-refractivity contribution is 0.102. The van der Waals surface area contributed by atoms with E-state index in [0.717, 1.165) is 22.0 Å². The molecule has 0 saturated heterocycles. The molecule has 1 N–H and O–H groups in total. The van der Waals surface area contributed by atoms with Gasteiger partial charge in [0, 0.05) is 5.56 Å². The van der Waals surface area contributed by atoms with Crippen molar-refractivity contribution in [3.05, 3.63) is 51.9 Å². The fraction of sp³-hybridized carbons (Fsp3) is 0.250. The van der Waals surface area contributed by atoms with Gasteiger partial charge in [0.05, 0.1) is 11.3 Å². The first-order valence-electron chi connectivity index (χ1n) is 7.29. The third-order valence-electron chi connectivity index (χ3n) is 3.43. The van der Waals surface area contributed by atoms with Gasteiger partial charge in [-0.25, -0.2) is 0 Å². The van der Waals surface area contributed by atoms with Crippen LogP contribution in [-0.2, 0) is 6.61 Å². The van der Waals surface area contributed by atoms with Crippen molar-refractivity contribution in [2.75, 3.05) is 5.32 Å². The molecule has 2 aromatic heterocycles. The first-order valence-corrected chi connectivity index (χ1v) is 8.10. The Morgan fingerprint density at radius 1 is 1.21 bits per heavy atom. The van der Waals surface area contributed by atoms with Gasteiger partial charge in [0.2, 0.25) is 5.13 Å². The van der Waals surface area contributed by atoms with Crippen molar-refractivity contribution < 1.29 is 14.1 Å². The predicted octanol–water partition coefficient (Wildman–Crippen LogP) is 3.28. The number of hydrogen-bond donors (Lipinski definition) is 1. The second-order valence-electron chi connectivity index (χ2n) is 5.20. The first-order chi connectivity index (χ1) is 11.5. The Kier molecular flexibility index (Phi) is 4.57. The Morgan fingerprint density at radius 2 is 1.96 bits per heavy atom. The normalized spacial score (nSPS) is 10.6. The largest absolute Gasteiger partial charge is 0.489 e. The summed E-state index contributed by atoms with van der Waals surface area (Å²) in [6, 6.07) is 6.90. The lowest BCUT2D eigenvalue weighted by Crippen LogP contribution is -2.11. The van der Waals surface area contributed by atoms with Crippen LogP contribution in [0.4, 0.5) is 5.13 Å². The third-order valence-corrected chi connectivity index (χ3v) is 4.18. The third kappa shape index (κ3) is 3.60. The van der Waals surface area contributed by atoms with Crippen molar-refractivity contribution >= 4 is 22.4 Å². The number of aryl methyl sites for hydroxylation is 3. The molecule has 7 nitrogen and oxygen atoms in total. The fourth-order valence-corrected chi connectivity index (χ4v) is 2.67. The Balaban J connectivity index is 1.61. The summed E-state index contributed by atoms with van der Waals surface area (Å²) in [6.45, 7) is 5.92. The van der Waals surface area contributed by atoms with Crippen molar-refractivity contribution in [2.24, 2.45) is 0 Å². The van der Waals surface area contributed by atoms with Crippen LogP contribution in [0.1, 0.15) is 32.4 Å². The standard InChI is InChI=1S/C16H16N4O3S/c1-9-14(10(2)23-20-9)8-22-13-6-4-12(5-7-13)15(21)17-16-19-18-11(3)24-16/h4-7H,8H2,1-3H3,(H,17,19,21). The molecule has 8 heteroatoms. The highest BCUT2D eigenvalue weighted by Crippen LogP contribution is 2.19. The molecular formula is C16H16N4O3S. The minimum atomic E-state index is -0.233. The number of nitrogens with zero attached hydrogens (tertiary/aromatic N) is 3. The number of anilines is 1. The minimum Gasteiger partial charge on any atom is -0.489 e. The van der Waals surface area contributed by atoms with E-state index < -0.39 is 0 Å². The van der Waals surface area contributed by atoms with Gasteiger partial charge in [0.1, 0.15) is 23.1 Å². The van der Waals surface area contributed by atoms with Gasteiger partial charge in [-0.2, -0.15) is 0 Å². The second kappa shape index (κ2) is 6.79. The number of aromatic nitrogens is 3. The van der Waals surface area contributed by atoms with Crippen LogP contribution in [0.5, 0.6) is 5.75 Å². The highest BCUT2D eigenvalue weighted by atomic mass is 32.1. The van der Waals surface area contributed by atoms with Gasteiger partial charge in [0.25, 0.3) is 5.91 Å². The van der Waals surface area contributed by atoms with Crippen LogP contribution in [0.15, 0.2) is 28.8 Å². The summed E-state index contributed by atoms with van der Waals surface area (Å²) in [4.78, 5) is 12.1. The van der Waals surface area contributed by atoms with Crippen molar-refractivity contribution in [3.63, 3.8) is 0 Å². The van der Waals surface area contributed by atoms with Gasteiger partial charge >= 0.3 is 0 Å². The number of rotatable bonds is 5. The molecule has 3 aromatic rings. The molecule has 0 bridgehead atoms. The summed E-state index contributed by atoms with van der Waals surface area (Å²) >= 11 is 1.33. The summed E-state index contributed by atoms with van der Waals surface area (Å²) in [5, 5.41) is 15.6. The zero-order valence-electron chi connectivity index (χ0n) is 13.5. The molecule has 0 saturated carbocycles. The summed E-state index contributed by atoms with van der Waals surface area (Å²) in [5.74, 6) is 1.18. The van der Waals surface area contributed by atoms with Gasteiger partial charge in [-0.3, -0.25) is 10.1 Å². The molecule has 0 atom stereocenters. The topological polar surface area (TPSA) is 90.1 Å². The molecule has 0 fully saturated rings. The van der Waals surface area contributed by atoms with Crippen LogP contribution in [0.3, 0.4) is 0 Å². The first kappa shape index (κ1) is 16.1. The van der Waals surface area contributed by atoms with Gasteiger partial charge < -0.3 is 9.26 Å². The van der Waals surface area contributed by atoms with E-state index in [2.05, 4.69) is 20.7 Å². The smallest absolute Gasteiger partial charge is 0.257 e. The number of benzene rings is 1. The zero-order chi connectivity index (χ0) is 17.1. The molecule has 0 spiro atoms. The van der Waals surface area contributed by atoms with Crippen LogP contribution in [0.25, 0.3) is 0 Å². The van der Waals surface area contributed by atoms with E-state index in [4.69, 9.17) is 9.26 Å². The van der Waals surface area contributed by atoms with E-state index in [-0.39, 0.29) is 5.91 Å². The summed E-state index contributed by atoms with van der Waals surface area (Å²) in [7, 11) is 0. The quantitative estimate of drug-likeness (QED) is 0.764. The summed E-state index contributed by atoms with van der Waals surface area (Å²) in [6.07, 6.45) is 0. The summed E-state index contributed by atoms with van der Waals surface area (Å²) < 4.78 is 10.8. The highest BCUT2D eigenvalue weighted by molar-refractivity contribution is 7.15. The van der Waals surface area contributed by atoms with Crippen LogP contribution in [0.2, 0.25) is 0 Å². The molecule has 2 heterocycles. The molecule has 0 radical (unpaired) electrons. The Morgan fingerprint density at radius 3 is 2.54 bits per heavy atom. The number of hydrogen-bond acceptors (Lipinski definition) is 7. The van der Waals surface area contributed by atoms with Gasteiger partial charge in [-0.1, -0.05) is 16.5 Å². The van der Waals surface area contributed by atoms with E-state index in [1.807, 2.05) is 20.8 Å². The zero-order valence-corrected chi connectivity index (χ0v) is 14.3. The average molecular weight is 344 g/mol.